The standard InChI is InChI=1S/C11H14Cl2N2O2S2/c1-11(2)7-15(3-4-18-11)19(16,17)8-5-9(12)10(13)14-6-8/h5-6H,3-4,7H2,1-2H3. The minimum absolute atomic E-state index is 0.0876. The summed E-state index contributed by atoms with van der Waals surface area (Å²) in [5.74, 6) is 0.779. The molecule has 8 heteroatoms. The third kappa shape index (κ3) is 3.36. The Morgan fingerprint density at radius 3 is 2.68 bits per heavy atom. The van der Waals surface area contributed by atoms with Crippen molar-refractivity contribution >= 4 is 45.0 Å². The molecule has 2 rings (SSSR count). The van der Waals surface area contributed by atoms with Gasteiger partial charge in [-0.25, -0.2) is 13.4 Å². The SMILES string of the molecule is CC1(C)CN(S(=O)(=O)c2cnc(Cl)c(Cl)c2)CCS1. The Morgan fingerprint density at radius 2 is 2.11 bits per heavy atom. The van der Waals surface area contributed by atoms with E-state index in [0.717, 1.165) is 5.75 Å². The normalized spacial score (nSPS) is 20.4. The Kier molecular flexibility index (Phi) is 4.38. The highest BCUT2D eigenvalue weighted by Crippen LogP contribution is 2.33. The monoisotopic (exact) mass is 340 g/mol. The molecule has 0 N–H and O–H groups in total. The summed E-state index contributed by atoms with van der Waals surface area (Å²) in [5, 5.41) is 0.253. The van der Waals surface area contributed by atoms with E-state index >= 15 is 0 Å². The van der Waals surface area contributed by atoms with Crippen molar-refractivity contribution in [3.05, 3.63) is 22.4 Å². The molecule has 1 aromatic rings. The number of thioether (sulfide) groups is 1. The largest absolute Gasteiger partial charge is 0.244 e. The second-order valence-electron chi connectivity index (χ2n) is 4.89. The van der Waals surface area contributed by atoms with Gasteiger partial charge in [-0.05, 0) is 19.9 Å². The highest BCUT2D eigenvalue weighted by molar-refractivity contribution is 8.00. The van der Waals surface area contributed by atoms with E-state index in [1.807, 2.05) is 13.8 Å². The van der Waals surface area contributed by atoms with E-state index in [1.165, 1.54) is 16.6 Å². The summed E-state index contributed by atoms with van der Waals surface area (Å²) in [4.78, 5) is 3.89. The summed E-state index contributed by atoms with van der Waals surface area (Å²) >= 11 is 13.3. The van der Waals surface area contributed by atoms with Crippen molar-refractivity contribution in [3.8, 4) is 0 Å². The third-order valence-electron chi connectivity index (χ3n) is 2.80. The smallest absolute Gasteiger partial charge is 0.242 e. The summed E-state index contributed by atoms with van der Waals surface area (Å²) < 4.78 is 26.4. The molecule has 2 heterocycles. The molecular formula is C11H14Cl2N2O2S2. The second-order valence-corrected chi connectivity index (χ2v) is 9.40. The van der Waals surface area contributed by atoms with Crippen molar-refractivity contribution in [2.75, 3.05) is 18.8 Å². The molecular weight excluding hydrogens is 327 g/mol. The lowest BCUT2D eigenvalue weighted by molar-refractivity contribution is 0.387. The average molecular weight is 341 g/mol. The topological polar surface area (TPSA) is 50.3 Å². The minimum atomic E-state index is -3.56. The van der Waals surface area contributed by atoms with Crippen LogP contribution in [0.4, 0.5) is 0 Å². The van der Waals surface area contributed by atoms with Crippen molar-refractivity contribution in [2.24, 2.45) is 0 Å². The first-order chi connectivity index (χ1) is 8.72. The molecule has 0 aliphatic carbocycles. The fourth-order valence-electron chi connectivity index (χ4n) is 1.87. The zero-order valence-corrected chi connectivity index (χ0v) is 13.7. The van der Waals surface area contributed by atoms with Crippen molar-refractivity contribution in [3.63, 3.8) is 0 Å². The van der Waals surface area contributed by atoms with Crippen LogP contribution in [-0.4, -0.2) is 41.3 Å². The molecule has 1 aliphatic heterocycles. The van der Waals surface area contributed by atoms with Crippen molar-refractivity contribution in [1.82, 2.24) is 9.29 Å². The maximum atomic E-state index is 12.5. The van der Waals surface area contributed by atoms with Crippen molar-refractivity contribution < 1.29 is 8.42 Å². The Hall–Kier alpha value is -0.0100. The van der Waals surface area contributed by atoms with Crippen LogP contribution in [0.25, 0.3) is 0 Å². The average Bonchev–Trinajstić information content (AvgIpc) is 2.31. The minimum Gasteiger partial charge on any atom is -0.242 e. The maximum Gasteiger partial charge on any atom is 0.244 e. The van der Waals surface area contributed by atoms with Gasteiger partial charge in [-0.3, -0.25) is 0 Å². The van der Waals surface area contributed by atoms with E-state index in [0.29, 0.717) is 13.1 Å². The van der Waals surface area contributed by atoms with Crippen LogP contribution >= 0.6 is 35.0 Å². The number of pyridine rings is 1. The van der Waals surface area contributed by atoms with Gasteiger partial charge in [-0.15, -0.1) is 0 Å². The van der Waals surface area contributed by atoms with Gasteiger partial charge in [0.25, 0.3) is 0 Å². The Bertz CT molecular complexity index is 590. The lowest BCUT2D eigenvalue weighted by Crippen LogP contribution is -2.46. The molecule has 19 heavy (non-hydrogen) atoms. The van der Waals surface area contributed by atoms with Crippen molar-refractivity contribution in [2.45, 2.75) is 23.5 Å². The third-order valence-corrected chi connectivity index (χ3v) is 6.59. The number of hydrogen-bond acceptors (Lipinski definition) is 4. The molecule has 1 aromatic heterocycles. The first-order valence-electron chi connectivity index (χ1n) is 5.67. The van der Waals surface area contributed by atoms with E-state index in [9.17, 15) is 8.42 Å². The summed E-state index contributed by atoms with van der Waals surface area (Å²) in [6.45, 7) is 5.04. The molecule has 0 unspecified atom stereocenters. The molecule has 4 nitrogen and oxygen atoms in total. The molecule has 106 valence electrons. The van der Waals surface area contributed by atoms with Gasteiger partial charge < -0.3 is 0 Å². The molecule has 1 saturated heterocycles. The first kappa shape index (κ1) is 15.4. The summed E-state index contributed by atoms with van der Waals surface area (Å²) in [6.07, 6.45) is 1.25. The number of hydrogen-bond donors (Lipinski definition) is 0. The van der Waals surface area contributed by atoms with Crippen LogP contribution in [0.5, 0.6) is 0 Å². The van der Waals surface area contributed by atoms with Gasteiger partial charge in [-0.2, -0.15) is 16.1 Å². The van der Waals surface area contributed by atoms with Gasteiger partial charge in [0.05, 0.1) is 5.02 Å². The zero-order valence-electron chi connectivity index (χ0n) is 10.6. The summed E-state index contributed by atoms with van der Waals surface area (Å²) in [5.41, 5.74) is 0. The number of sulfonamides is 1. The molecule has 0 aromatic carbocycles. The molecule has 0 spiro atoms. The zero-order chi connectivity index (χ0) is 14.3. The lowest BCUT2D eigenvalue weighted by Gasteiger charge is -2.36. The van der Waals surface area contributed by atoms with Gasteiger partial charge >= 0.3 is 0 Å². The van der Waals surface area contributed by atoms with Crippen LogP contribution in [0.2, 0.25) is 10.2 Å². The van der Waals surface area contributed by atoms with E-state index in [4.69, 9.17) is 23.2 Å². The van der Waals surface area contributed by atoms with Crippen LogP contribution < -0.4 is 0 Å². The van der Waals surface area contributed by atoms with Gasteiger partial charge in [0.15, 0.2) is 0 Å². The predicted octanol–water partition coefficient (Wildman–Crippen LogP) is 2.90. The molecule has 0 saturated carbocycles. The van der Waals surface area contributed by atoms with Gasteiger partial charge in [0.2, 0.25) is 10.0 Å². The van der Waals surface area contributed by atoms with E-state index < -0.39 is 10.0 Å². The Labute approximate surface area is 127 Å². The first-order valence-corrected chi connectivity index (χ1v) is 8.86. The molecule has 1 fully saturated rings. The highest BCUT2D eigenvalue weighted by Gasteiger charge is 2.34. The quantitative estimate of drug-likeness (QED) is 0.776. The highest BCUT2D eigenvalue weighted by atomic mass is 35.5. The number of halogens is 2. The second kappa shape index (κ2) is 5.41. The number of rotatable bonds is 2. The number of nitrogens with zero attached hydrogens (tertiary/aromatic N) is 2. The molecule has 0 atom stereocenters. The van der Waals surface area contributed by atoms with Gasteiger partial charge in [0.1, 0.15) is 10.0 Å². The fraction of sp³-hybridized carbons (Fsp3) is 0.545. The van der Waals surface area contributed by atoms with Crippen LogP contribution in [0.15, 0.2) is 17.2 Å². The maximum absolute atomic E-state index is 12.5. The molecule has 0 amide bonds. The predicted molar refractivity (Wildman–Crippen MR) is 79.6 cm³/mol. The molecule has 1 aliphatic rings. The number of aromatic nitrogens is 1. The van der Waals surface area contributed by atoms with Gasteiger partial charge in [0, 0.05) is 29.8 Å². The lowest BCUT2D eigenvalue weighted by atomic mass is 10.2. The van der Waals surface area contributed by atoms with E-state index in [-0.39, 0.29) is 19.8 Å². The molecule has 0 radical (unpaired) electrons. The van der Waals surface area contributed by atoms with E-state index in [2.05, 4.69) is 4.98 Å². The van der Waals surface area contributed by atoms with Crippen LogP contribution in [-0.2, 0) is 10.0 Å². The Balaban J connectivity index is 2.34. The summed E-state index contributed by atoms with van der Waals surface area (Å²) in [6, 6.07) is 1.35. The van der Waals surface area contributed by atoms with E-state index in [1.54, 1.807) is 11.8 Å². The fourth-order valence-corrected chi connectivity index (χ4v) is 5.09. The van der Waals surface area contributed by atoms with Crippen LogP contribution in [0, 0.1) is 0 Å². The van der Waals surface area contributed by atoms with Crippen LogP contribution in [0.3, 0.4) is 0 Å². The van der Waals surface area contributed by atoms with Gasteiger partial charge in [-0.1, -0.05) is 23.2 Å². The van der Waals surface area contributed by atoms with Crippen LogP contribution in [0.1, 0.15) is 13.8 Å². The molecule has 0 bridgehead atoms. The Morgan fingerprint density at radius 1 is 1.42 bits per heavy atom. The van der Waals surface area contributed by atoms with Crippen molar-refractivity contribution in [1.29, 1.82) is 0 Å². The summed E-state index contributed by atoms with van der Waals surface area (Å²) in [7, 11) is -3.56.